The van der Waals surface area contributed by atoms with E-state index in [4.69, 9.17) is 5.73 Å². The molecule has 1 heterocycles. The van der Waals surface area contributed by atoms with Crippen LogP contribution in [-0.4, -0.2) is 18.1 Å². The summed E-state index contributed by atoms with van der Waals surface area (Å²) in [6, 6.07) is 4.40. The molecule has 1 aromatic heterocycles. The highest BCUT2D eigenvalue weighted by Gasteiger charge is 2.29. The highest BCUT2D eigenvalue weighted by atomic mass is 15.2. The number of hydrogen-bond donors (Lipinski definition) is 1. The first kappa shape index (κ1) is 12.2. The summed E-state index contributed by atoms with van der Waals surface area (Å²) >= 11 is 0. The van der Waals surface area contributed by atoms with Gasteiger partial charge in [0.15, 0.2) is 0 Å². The first-order valence-corrected chi connectivity index (χ1v) is 6.42. The molecule has 3 heteroatoms. The lowest BCUT2D eigenvalue weighted by atomic mass is 9.75. The molecule has 1 aliphatic rings. The molecule has 17 heavy (non-hydrogen) atoms. The molecule has 0 amide bonds. The summed E-state index contributed by atoms with van der Waals surface area (Å²) < 4.78 is 0. The van der Waals surface area contributed by atoms with Crippen LogP contribution in [0.25, 0.3) is 0 Å². The number of nitrogen functional groups attached to an aromatic ring is 1. The quantitative estimate of drug-likeness (QED) is 0.853. The summed E-state index contributed by atoms with van der Waals surface area (Å²) in [4.78, 5) is 6.68. The van der Waals surface area contributed by atoms with Gasteiger partial charge in [-0.3, -0.25) is 0 Å². The van der Waals surface area contributed by atoms with Gasteiger partial charge in [0.1, 0.15) is 5.82 Å². The van der Waals surface area contributed by atoms with Crippen molar-refractivity contribution in [3.05, 3.63) is 18.3 Å². The van der Waals surface area contributed by atoms with Crippen LogP contribution in [0.3, 0.4) is 0 Å². The van der Waals surface area contributed by atoms with Crippen molar-refractivity contribution in [1.82, 2.24) is 4.98 Å². The number of nitrogens with two attached hydrogens (primary N) is 1. The van der Waals surface area contributed by atoms with Gasteiger partial charge < -0.3 is 10.6 Å². The molecule has 0 aliphatic heterocycles. The minimum absolute atomic E-state index is 0.514. The number of hydrogen-bond acceptors (Lipinski definition) is 3. The Bertz CT molecular complexity index is 377. The van der Waals surface area contributed by atoms with Crippen molar-refractivity contribution >= 4 is 11.5 Å². The van der Waals surface area contributed by atoms with Crippen molar-refractivity contribution in [2.75, 3.05) is 17.7 Å². The van der Waals surface area contributed by atoms with Crippen molar-refractivity contribution in [2.24, 2.45) is 5.41 Å². The molecule has 3 nitrogen and oxygen atoms in total. The second-order valence-electron chi connectivity index (χ2n) is 5.95. The summed E-state index contributed by atoms with van der Waals surface area (Å²) in [6.07, 6.45) is 6.88. The van der Waals surface area contributed by atoms with E-state index >= 15 is 0 Å². The largest absolute Gasteiger partial charge is 0.399 e. The smallest absolute Gasteiger partial charge is 0.130 e. The van der Waals surface area contributed by atoms with Crippen molar-refractivity contribution in [2.45, 2.75) is 45.6 Å². The fraction of sp³-hybridized carbons (Fsp3) is 0.643. The average Bonchev–Trinajstić information content (AvgIpc) is 2.28. The summed E-state index contributed by atoms with van der Waals surface area (Å²) in [5, 5.41) is 0. The van der Waals surface area contributed by atoms with Gasteiger partial charge >= 0.3 is 0 Å². The number of anilines is 2. The van der Waals surface area contributed by atoms with Gasteiger partial charge in [-0.1, -0.05) is 13.8 Å². The van der Waals surface area contributed by atoms with Crippen LogP contribution >= 0.6 is 0 Å². The van der Waals surface area contributed by atoms with E-state index in [0.29, 0.717) is 11.5 Å². The summed E-state index contributed by atoms with van der Waals surface area (Å²) in [7, 11) is 2.13. The predicted molar refractivity (Wildman–Crippen MR) is 73.1 cm³/mol. The highest BCUT2D eigenvalue weighted by molar-refractivity contribution is 5.50. The SMILES string of the molecule is CN(c1cc(N)ccn1)C1CCC(C)(C)CC1. The first-order valence-electron chi connectivity index (χ1n) is 6.42. The number of rotatable bonds is 2. The lowest BCUT2D eigenvalue weighted by molar-refractivity contribution is 0.222. The van der Waals surface area contributed by atoms with E-state index in [1.54, 1.807) is 6.20 Å². The van der Waals surface area contributed by atoms with Gasteiger partial charge in [0, 0.05) is 31.0 Å². The second-order valence-corrected chi connectivity index (χ2v) is 5.95. The van der Waals surface area contributed by atoms with E-state index in [1.807, 2.05) is 12.1 Å². The van der Waals surface area contributed by atoms with Crippen LogP contribution in [0, 0.1) is 5.41 Å². The minimum atomic E-state index is 0.514. The van der Waals surface area contributed by atoms with Crippen LogP contribution < -0.4 is 10.6 Å². The van der Waals surface area contributed by atoms with E-state index in [1.165, 1.54) is 25.7 Å². The van der Waals surface area contributed by atoms with Crippen molar-refractivity contribution in [3.63, 3.8) is 0 Å². The molecule has 1 aromatic rings. The Morgan fingerprint density at radius 1 is 1.35 bits per heavy atom. The molecule has 1 saturated carbocycles. The third-order valence-corrected chi connectivity index (χ3v) is 3.99. The zero-order valence-electron chi connectivity index (χ0n) is 11.1. The first-order chi connectivity index (χ1) is 7.98. The van der Waals surface area contributed by atoms with Crippen LogP contribution in [0.2, 0.25) is 0 Å². The molecule has 1 fully saturated rings. The molecule has 2 N–H and O–H groups in total. The average molecular weight is 233 g/mol. The van der Waals surface area contributed by atoms with E-state index in [2.05, 4.69) is 30.8 Å². The maximum absolute atomic E-state index is 5.80. The summed E-state index contributed by atoms with van der Waals surface area (Å²) in [5.74, 6) is 0.995. The number of nitrogens with zero attached hydrogens (tertiary/aromatic N) is 2. The van der Waals surface area contributed by atoms with Gasteiger partial charge in [-0.25, -0.2) is 4.98 Å². The molecule has 0 atom stereocenters. The fourth-order valence-electron chi connectivity index (χ4n) is 2.59. The van der Waals surface area contributed by atoms with Crippen molar-refractivity contribution < 1.29 is 0 Å². The highest BCUT2D eigenvalue weighted by Crippen LogP contribution is 2.37. The monoisotopic (exact) mass is 233 g/mol. The molecule has 0 radical (unpaired) electrons. The zero-order valence-corrected chi connectivity index (χ0v) is 11.1. The molecule has 0 bridgehead atoms. The van der Waals surface area contributed by atoms with E-state index < -0.39 is 0 Å². The van der Waals surface area contributed by atoms with Crippen LogP contribution in [0.15, 0.2) is 18.3 Å². The van der Waals surface area contributed by atoms with E-state index in [-0.39, 0.29) is 0 Å². The van der Waals surface area contributed by atoms with Gasteiger partial charge in [-0.05, 0) is 37.2 Å². The Hall–Kier alpha value is -1.25. The Morgan fingerprint density at radius 2 is 2.00 bits per heavy atom. The maximum atomic E-state index is 5.80. The van der Waals surface area contributed by atoms with Gasteiger partial charge in [0.05, 0.1) is 0 Å². The summed E-state index contributed by atoms with van der Waals surface area (Å²) in [6.45, 7) is 4.73. The molecule has 1 aliphatic carbocycles. The molecule has 0 spiro atoms. The van der Waals surface area contributed by atoms with Gasteiger partial charge in [0.25, 0.3) is 0 Å². The zero-order chi connectivity index (χ0) is 12.5. The number of pyridine rings is 1. The predicted octanol–water partition coefficient (Wildman–Crippen LogP) is 3.07. The van der Waals surface area contributed by atoms with Gasteiger partial charge in [-0.2, -0.15) is 0 Å². The molecule has 0 aromatic carbocycles. The van der Waals surface area contributed by atoms with E-state index in [0.717, 1.165) is 11.5 Å². The minimum Gasteiger partial charge on any atom is -0.399 e. The molecule has 94 valence electrons. The van der Waals surface area contributed by atoms with Crippen molar-refractivity contribution in [3.8, 4) is 0 Å². The second kappa shape index (κ2) is 4.55. The summed E-state index contributed by atoms with van der Waals surface area (Å²) in [5.41, 5.74) is 7.11. The topological polar surface area (TPSA) is 42.1 Å². The molecule has 0 saturated heterocycles. The van der Waals surface area contributed by atoms with Crippen molar-refractivity contribution in [1.29, 1.82) is 0 Å². The van der Waals surface area contributed by atoms with E-state index in [9.17, 15) is 0 Å². The van der Waals surface area contributed by atoms with Crippen LogP contribution in [-0.2, 0) is 0 Å². The Labute approximate surface area is 104 Å². The number of aromatic nitrogens is 1. The Kier molecular flexibility index (Phi) is 3.27. The van der Waals surface area contributed by atoms with Gasteiger partial charge in [-0.15, -0.1) is 0 Å². The molecule has 2 rings (SSSR count). The maximum Gasteiger partial charge on any atom is 0.130 e. The molecular formula is C14H23N3. The standard InChI is InChI=1S/C14H23N3/c1-14(2)7-4-12(5-8-14)17(3)13-10-11(15)6-9-16-13/h6,9-10,12H,4-5,7-8H2,1-3H3,(H2,15,16). The van der Waals surface area contributed by atoms with Crippen LogP contribution in [0.1, 0.15) is 39.5 Å². The lowest BCUT2D eigenvalue weighted by Gasteiger charge is -2.39. The van der Waals surface area contributed by atoms with Crippen LogP contribution in [0.5, 0.6) is 0 Å². The Balaban J connectivity index is 2.04. The molecule has 0 unspecified atom stereocenters. The normalized spacial score (nSPS) is 20.2. The lowest BCUT2D eigenvalue weighted by Crippen LogP contribution is -2.37. The molecular weight excluding hydrogens is 210 g/mol. The fourth-order valence-corrected chi connectivity index (χ4v) is 2.59. The third-order valence-electron chi connectivity index (χ3n) is 3.99. The van der Waals surface area contributed by atoms with Crippen LogP contribution in [0.4, 0.5) is 11.5 Å². The third kappa shape index (κ3) is 2.90. The van der Waals surface area contributed by atoms with Gasteiger partial charge in [0.2, 0.25) is 0 Å². The Morgan fingerprint density at radius 3 is 2.59 bits per heavy atom.